The van der Waals surface area contributed by atoms with Gasteiger partial charge in [0.15, 0.2) is 5.82 Å². The summed E-state index contributed by atoms with van der Waals surface area (Å²) in [5, 5.41) is 4.27. The molecule has 1 fully saturated rings. The maximum Gasteiger partial charge on any atom is 0.165 e. The number of benzene rings is 1. The molecular formula is C19H25ClFN2P. The molecule has 2 unspecified atom stereocenters. The normalized spacial score (nSPS) is 22.2. The van der Waals surface area contributed by atoms with E-state index in [0.717, 1.165) is 35.8 Å². The molecule has 0 aromatic heterocycles. The minimum Gasteiger partial charge on any atom is -0.353 e. The Morgan fingerprint density at radius 1 is 1.42 bits per heavy atom. The Hall–Kier alpha value is -1.15. The molecule has 2 nitrogen and oxygen atoms in total. The number of anilines is 1. The van der Waals surface area contributed by atoms with Crippen molar-refractivity contribution in [1.82, 2.24) is 4.90 Å². The zero-order valence-corrected chi connectivity index (χ0v) is 16.5. The fourth-order valence-corrected chi connectivity index (χ4v) is 4.14. The van der Waals surface area contributed by atoms with Crippen LogP contribution in [0.2, 0.25) is 5.02 Å². The van der Waals surface area contributed by atoms with Crippen LogP contribution in [-0.4, -0.2) is 24.0 Å². The van der Waals surface area contributed by atoms with Gasteiger partial charge in [-0.2, -0.15) is 0 Å². The summed E-state index contributed by atoms with van der Waals surface area (Å²) in [6.45, 7) is 13.4. The Labute approximate surface area is 151 Å². The lowest BCUT2D eigenvalue weighted by atomic mass is 9.91. The topological polar surface area (TPSA) is 15.3 Å². The SMILES string of the molecule is C=C(C)/C(C(=C)Nc1cccc(Cl)c1F)=C(/P)C1(C)CCCN1C. The molecule has 0 radical (unpaired) electrons. The average molecular weight is 367 g/mol. The number of halogens is 2. The van der Waals surface area contributed by atoms with E-state index in [1.807, 2.05) is 6.92 Å². The standard InChI is InChI=1S/C19H25ClFN2P/c1-12(2)16(18(24)19(4)10-7-11-23(19)5)13(3)22-15-9-6-8-14(20)17(15)21/h6,8-9,22H,1,3,7,10-11,24H2,2,4-5H3/b18-16-. The molecule has 0 spiro atoms. The van der Waals surface area contributed by atoms with Crippen molar-refractivity contribution in [1.29, 1.82) is 0 Å². The van der Waals surface area contributed by atoms with Gasteiger partial charge in [-0.3, -0.25) is 4.90 Å². The molecule has 1 saturated heterocycles. The number of hydrogen-bond donors (Lipinski definition) is 1. The van der Waals surface area contributed by atoms with Gasteiger partial charge in [0.25, 0.3) is 0 Å². The van der Waals surface area contributed by atoms with E-state index in [9.17, 15) is 4.39 Å². The van der Waals surface area contributed by atoms with Crippen molar-refractivity contribution in [2.24, 2.45) is 0 Å². The zero-order chi connectivity index (χ0) is 18.1. The molecule has 2 rings (SSSR count). The van der Waals surface area contributed by atoms with Crippen molar-refractivity contribution >= 4 is 26.5 Å². The molecule has 0 aliphatic carbocycles. The molecule has 130 valence electrons. The van der Waals surface area contributed by atoms with Crippen LogP contribution in [0.25, 0.3) is 0 Å². The second-order valence-corrected chi connectivity index (χ2v) is 7.56. The Morgan fingerprint density at radius 3 is 2.62 bits per heavy atom. The highest BCUT2D eigenvalue weighted by Crippen LogP contribution is 2.42. The lowest BCUT2D eigenvalue weighted by Crippen LogP contribution is -2.39. The highest BCUT2D eigenvalue weighted by Gasteiger charge is 2.37. The first-order valence-corrected chi connectivity index (χ1v) is 8.91. The number of likely N-dealkylation sites (tertiary alicyclic amines) is 1. The van der Waals surface area contributed by atoms with E-state index in [1.54, 1.807) is 12.1 Å². The summed E-state index contributed by atoms with van der Waals surface area (Å²) < 4.78 is 14.2. The van der Waals surface area contributed by atoms with Gasteiger partial charge in [0.1, 0.15) is 0 Å². The predicted octanol–water partition coefficient (Wildman–Crippen LogP) is 5.59. The molecule has 1 aliphatic rings. The first-order valence-electron chi connectivity index (χ1n) is 7.96. The van der Waals surface area contributed by atoms with E-state index in [2.05, 4.69) is 46.6 Å². The van der Waals surface area contributed by atoms with Gasteiger partial charge >= 0.3 is 0 Å². The van der Waals surface area contributed by atoms with Crippen LogP contribution in [0.4, 0.5) is 10.1 Å². The van der Waals surface area contributed by atoms with Gasteiger partial charge in [-0.25, -0.2) is 4.39 Å². The molecule has 24 heavy (non-hydrogen) atoms. The van der Waals surface area contributed by atoms with Crippen molar-refractivity contribution in [2.45, 2.75) is 32.2 Å². The molecule has 5 heteroatoms. The number of hydrogen-bond acceptors (Lipinski definition) is 2. The van der Waals surface area contributed by atoms with Gasteiger partial charge in [-0.1, -0.05) is 30.8 Å². The third-order valence-corrected chi connectivity index (χ3v) is 6.02. The fraction of sp³-hybridized carbons (Fsp3) is 0.368. The molecule has 1 aliphatic heterocycles. The maximum absolute atomic E-state index is 14.2. The van der Waals surface area contributed by atoms with E-state index in [1.165, 1.54) is 6.07 Å². The van der Waals surface area contributed by atoms with Crippen molar-refractivity contribution in [3.05, 3.63) is 64.4 Å². The van der Waals surface area contributed by atoms with Crippen molar-refractivity contribution in [3.63, 3.8) is 0 Å². The zero-order valence-electron chi connectivity index (χ0n) is 14.5. The molecule has 0 amide bonds. The molecule has 1 heterocycles. The summed E-state index contributed by atoms with van der Waals surface area (Å²) >= 11 is 5.86. The van der Waals surface area contributed by atoms with E-state index in [-0.39, 0.29) is 10.6 Å². The van der Waals surface area contributed by atoms with Gasteiger partial charge in [0, 0.05) is 16.8 Å². The van der Waals surface area contributed by atoms with Crippen molar-refractivity contribution < 1.29 is 4.39 Å². The van der Waals surface area contributed by atoms with Crippen LogP contribution in [0.3, 0.4) is 0 Å². The van der Waals surface area contributed by atoms with Crippen molar-refractivity contribution in [2.75, 3.05) is 18.9 Å². The smallest absolute Gasteiger partial charge is 0.165 e. The summed E-state index contributed by atoms with van der Waals surface area (Å²) in [5.74, 6) is -0.476. The predicted molar refractivity (Wildman–Crippen MR) is 106 cm³/mol. The highest BCUT2D eigenvalue weighted by molar-refractivity contribution is 7.22. The van der Waals surface area contributed by atoms with Crippen LogP contribution in [0.15, 0.2) is 53.5 Å². The highest BCUT2D eigenvalue weighted by atomic mass is 35.5. The Morgan fingerprint density at radius 2 is 2.08 bits per heavy atom. The van der Waals surface area contributed by atoms with Crippen LogP contribution in [-0.2, 0) is 0 Å². The Kier molecular flexibility index (Phi) is 5.91. The minimum atomic E-state index is -0.476. The third kappa shape index (κ3) is 3.59. The van der Waals surface area contributed by atoms with Crippen molar-refractivity contribution in [3.8, 4) is 0 Å². The lowest BCUT2D eigenvalue weighted by molar-refractivity contribution is 0.246. The van der Waals surface area contributed by atoms with Gasteiger partial charge in [0.2, 0.25) is 0 Å². The van der Waals surface area contributed by atoms with Gasteiger partial charge in [-0.15, -0.1) is 9.24 Å². The number of nitrogens with zero attached hydrogens (tertiary/aromatic N) is 1. The lowest BCUT2D eigenvalue weighted by Gasteiger charge is -2.35. The molecule has 1 aromatic carbocycles. The minimum absolute atomic E-state index is 0.0730. The summed E-state index contributed by atoms with van der Waals surface area (Å²) in [4.78, 5) is 2.34. The summed E-state index contributed by atoms with van der Waals surface area (Å²) in [5.41, 5.74) is 2.68. The summed E-state index contributed by atoms with van der Waals surface area (Å²) in [6.07, 6.45) is 2.22. The van der Waals surface area contributed by atoms with E-state index >= 15 is 0 Å². The van der Waals surface area contributed by atoms with Crippen LogP contribution in [0.5, 0.6) is 0 Å². The van der Waals surface area contributed by atoms with E-state index < -0.39 is 5.82 Å². The average Bonchev–Trinajstić information content (AvgIpc) is 2.84. The first kappa shape index (κ1) is 19.2. The third-order valence-electron chi connectivity index (χ3n) is 4.81. The molecule has 0 saturated carbocycles. The monoisotopic (exact) mass is 366 g/mol. The maximum atomic E-state index is 14.2. The Bertz CT molecular complexity index is 713. The first-order chi connectivity index (χ1) is 11.2. The van der Waals surface area contributed by atoms with Gasteiger partial charge in [-0.05, 0) is 63.3 Å². The second-order valence-electron chi connectivity index (χ2n) is 6.57. The number of rotatable bonds is 5. The number of nitrogens with one attached hydrogen (secondary N) is 1. The second kappa shape index (κ2) is 7.39. The molecule has 1 N–H and O–H groups in total. The molecule has 2 atom stereocenters. The largest absolute Gasteiger partial charge is 0.353 e. The molecule has 0 bridgehead atoms. The van der Waals surface area contributed by atoms with Crippen LogP contribution >= 0.6 is 20.8 Å². The quantitative estimate of drug-likeness (QED) is 0.539. The summed E-state index contributed by atoms with van der Waals surface area (Å²) in [7, 11) is 4.98. The van der Waals surface area contributed by atoms with Crippen LogP contribution in [0.1, 0.15) is 26.7 Å². The van der Waals surface area contributed by atoms with Crippen LogP contribution < -0.4 is 5.32 Å². The molecular weight excluding hydrogens is 342 g/mol. The fourth-order valence-electron chi connectivity index (χ4n) is 3.18. The molecule has 1 aromatic rings. The number of allylic oxidation sites excluding steroid dienone is 1. The van der Waals surface area contributed by atoms with Crippen LogP contribution in [0, 0.1) is 5.82 Å². The number of likely N-dealkylation sites (N-methyl/N-ethyl adjacent to an activating group) is 1. The van der Waals surface area contributed by atoms with Gasteiger partial charge < -0.3 is 5.32 Å². The summed E-state index contributed by atoms with van der Waals surface area (Å²) in [6, 6.07) is 4.88. The van der Waals surface area contributed by atoms with Gasteiger partial charge in [0.05, 0.1) is 10.7 Å². The van der Waals surface area contributed by atoms with E-state index in [4.69, 9.17) is 11.6 Å². The Balaban J connectivity index is 2.40. The van der Waals surface area contributed by atoms with E-state index in [0.29, 0.717) is 11.4 Å².